The van der Waals surface area contributed by atoms with E-state index in [1.54, 1.807) is 30.3 Å². The van der Waals surface area contributed by atoms with E-state index in [1.165, 1.54) is 6.92 Å². The summed E-state index contributed by atoms with van der Waals surface area (Å²) in [7, 11) is 0. The predicted octanol–water partition coefficient (Wildman–Crippen LogP) is 2.11. The lowest BCUT2D eigenvalue weighted by Gasteiger charge is -2.09. The largest absolute Gasteiger partial charge is 0.350 e. The van der Waals surface area contributed by atoms with Crippen LogP contribution >= 0.6 is 0 Å². The van der Waals surface area contributed by atoms with Gasteiger partial charge in [-0.15, -0.1) is 0 Å². The maximum Gasteiger partial charge on any atom is 0.251 e. The Morgan fingerprint density at radius 2 is 1.56 bits per heavy atom. The van der Waals surface area contributed by atoms with Crippen molar-refractivity contribution < 1.29 is 14.4 Å². The van der Waals surface area contributed by atoms with E-state index < -0.39 is 0 Å². The van der Waals surface area contributed by atoms with E-state index in [2.05, 4.69) is 16.0 Å². The van der Waals surface area contributed by atoms with Crippen molar-refractivity contribution in [3.8, 4) is 0 Å². The summed E-state index contributed by atoms with van der Waals surface area (Å²) in [6, 6.07) is 14.0. The molecule has 2 aromatic rings. The van der Waals surface area contributed by atoms with Gasteiger partial charge < -0.3 is 16.0 Å². The molecule has 2 aromatic carbocycles. The lowest BCUT2D eigenvalue weighted by Crippen LogP contribution is -2.34. The fourth-order valence-corrected chi connectivity index (χ4v) is 2.32. The second-order valence-electron chi connectivity index (χ2n) is 5.59. The highest BCUT2D eigenvalue weighted by Crippen LogP contribution is 2.10. The van der Waals surface area contributed by atoms with Gasteiger partial charge in [0.15, 0.2) is 0 Å². The standard InChI is InChI=1S/C19H21N3O3/c1-13-6-3-4-9-17(13)19(25)21-11-10-20-18(24)15-7-5-8-16(12-15)22-14(2)23/h3-9,12H,10-11H2,1-2H3,(H,20,24)(H,21,25)(H,22,23). The third-order valence-electron chi connectivity index (χ3n) is 3.53. The summed E-state index contributed by atoms with van der Waals surface area (Å²) in [5.41, 5.74) is 2.53. The van der Waals surface area contributed by atoms with Crippen LogP contribution < -0.4 is 16.0 Å². The van der Waals surface area contributed by atoms with Crippen molar-refractivity contribution in [3.05, 3.63) is 65.2 Å². The number of carbonyl (C=O) groups is 3. The maximum absolute atomic E-state index is 12.1. The second kappa shape index (κ2) is 8.63. The average molecular weight is 339 g/mol. The van der Waals surface area contributed by atoms with Crippen molar-refractivity contribution in [1.29, 1.82) is 0 Å². The first-order valence-corrected chi connectivity index (χ1v) is 7.97. The number of nitrogens with one attached hydrogen (secondary N) is 3. The Morgan fingerprint density at radius 1 is 0.880 bits per heavy atom. The minimum atomic E-state index is -0.266. The van der Waals surface area contributed by atoms with Crippen molar-refractivity contribution >= 4 is 23.4 Å². The average Bonchev–Trinajstić information content (AvgIpc) is 2.58. The Kier molecular flexibility index (Phi) is 6.28. The van der Waals surface area contributed by atoms with Gasteiger partial charge in [-0.25, -0.2) is 0 Å². The predicted molar refractivity (Wildman–Crippen MR) is 96.6 cm³/mol. The highest BCUT2D eigenvalue weighted by atomic mass is 16.2. The zero-order chi connectivity index (χ0) is 18.2. The first-order valence-electron chi connectivity index (χ1n) is 7.97. The van der Waals surface area contributed by atoms with Gasteiger partial charge in [-0.3, -0.25) is 14.4 Å². The summed E-state index contributed by atoms with van der Waals surface area (Å²) in [4.78, 5) is 35.2. The molecule has 130 valence electrons. The van der Waals surface area contributed by atoms with Crippen LogP contribution in [0.4, 0.5) is 5.69 Å². The van der Waals surface area contributed by atoms with Crippen LogP contribution in [0.2, 0.25) is 0 Å². The molecule has 0 bridgehead atoms. The van der Waals surface area contributed by atoms with Crippen molar-refractivity contribution in [2.45, 2.75) is 13.8 Å². The summed E-state index contributed by atoms with van der Waals surface area (Å²) >= 11 is 0. The quantitative estimate of drug-likeness (QED) is 0.705. The van der Waals surface area contributed by atoms with Crippen LogP contribution in [-0.2, 0) is 4.79 Å². The summed E-state index contributed by atoms with van der Waals surface area (Å²) < 4.78 is 0. The van der Waals surface area contributed by atoms with Crippen LogP contribution in [0.1, 0.15) is 33.2 Å². The lowest BCUT2D eigenvalue weighted by atomic mass is 10.1. The molecule has 0 aromatic heterocycles. The summed E-state index contributed by atoms with van der Waals surface area (Å²) in [6.07, 6.45) is 0. The van der Waals surface area contributed by atoms with Gasteiger partial charge in [-0.05, 0) is 36.8 Å². The van der Waals surface area contributed by atoms with Crippen LogP contribution in [0.3, 0.4) is 0 Å². The molecular weight excluding hydrogens is 318 g/mol. The first kappa shape index (κ1) is 18.2. The minimum absolute atomic E-state index is 0.167. The van der Waals surface area contributed by atoms with Crippen LogP contribution in [0.5, 0.6) is 0 Å². The Bertz CT molecular complexity index is 787. The molecule has 0 fully saturated rings. The monoisotopic (exact) mass is 339 g/mol. The molecule has 6 nitrogen and oxygen atoms in total. The van der Waals surface area contributed by atoms with Crippen LogP contribution in [0.15, 0.2) is 48.5 Å². The molecule has 0 heterocycles. The molecule has 0 saturated carbocycles. The number of rotatable bonds is 6. The molecule has 0 aliphatic heterocycles. The number of benzene rings is 2. The number of carbonyl (C=O) groups excluding carboxylic acids is 3. The molecule has 0 aliphatic carbocycles. The van der Waals surface area contributed by atoms with Gasteiger partial charge in [0.25, 0.3) is 11.8 Å². The molecule has 3 amide bonds. The van der Waals surface area contributed by atoms with Crippen molar-refractivity contribution in [1.82, 2.24) is 10.6 Å². The van der Waals surface area contributed by atoms with E-state index in [0.717, 1.165) is 5.56 Å². The summed E-state index contributed by atoms with van der Waals surface area (Å²) in [6.45, 7) is 3.91. The van der Waals surface area contributed by atoms with Gasteiger partial charge in [0.1, 0.15) is 0 Å². The normalized spacial score (nSPS) is 10.0. The smallest absolute Gasteiger partial charge is 0.251 e. The SMILES string of the molecule is CC(=O)Nc1cccc(C(=O)NCCNC(=O)c2ccccc2C)c1. The molecule has 3 N–H and O–H groups in total. The molecule has 0 saturated heterocycles. The van der Waals surface area contributed by atoms with Crippen LogP contribution in [0.25, 0.3) is 0 Å². The second-order valence-corrected chi connectivity index (χ2v) is 5.59. The van der Waals surface area contributed by atoms with E-state index in [1.807, 2.05) is 25.1 Å². The van der Waals surface area contributed by atoms with Gasteiger partial charge in [0, 0.05) is 36.8 Å². The van der Waals surface area contributed by atoms with Crippen molar-refractivity contribution in [3.63, 3.8) is 0 Å². The molecule has 0 atom stereocenters. The van der Waals surface area contributed by atoms with Crippen LogP contribution in [-0.4, -0.2) is 30.8 Å². The van der Waals surface area contributed by atoms with Gasteiger partial charge in [0.05, 0.1) is 0 Å². The van der Waals surface area contributed by atoms with Crippen LogP contribution in [0, 0.1) is 6.92 Å². The molecule has 25 heavy (non-hydrogen) atoms. The zero-order valence-corrected chi connectivity index (χ0v) is 14.3. The van der Waals surface area contributed by atoms with E-state index in [-0.39, 0.29) is 17.7 Å². The zero-order valence-electron chi connectivity index (χ0n) is 14.3. The number of hydrogen-bond donors (Lipinski definition) is 3. The highest BCUT2D eigenvalue weighted by Gasteiger charge is 2.09. The van der Waals surface area contributed by atoms with Gasteiger partial charge >= 0.3 is 0 Å². The Labute approximate surface area is 146 Å². The van der Waals surface area contributed by atoms with E-state index in [9.17, 15) is 14.4 Å². The van der Waals surface area contributed by atoms with Gasteiger partial charge in [-0.2, -0.15) is 0 Å². The molecular formula is C19H21N3O3. The summed E-state index contributed by atoms with van der Waals surface area (Å²) in [5, 5.41) is 8.14. The number of hydrogen-bond acceptors (Lipinski definition) is 3. The topological polar surface area (TPSA) is 87.3 Å². The third kappa shape index (κ3) is 5.46. The van der Waals surface area contributed by atoms with Crippen molar-refractivity contribution in [2.24, 2.45) is 0 Å². The van der Waals surface area contributed by atoms with E-state index >= 15 is 0 Å². The molecule has 0 unspecified atom stereocenters. The maximum atomic E-state index is 12.1. The summed E-state index contributed by atoms with van der Waals surface area (Å²) in [5.74, 6) is -0.631. The van der Waals surface area contributed by atoms with Gasteiger partial charge in [0.2, 0.25) is 5.91 Å². The molecule has 0 radical (unpaired) electrons. The fraction of sp³-hybridized carbons (Fsp3) is 0.211. The van der Waals surface area contributed by atoms with Gasteiger partial charge in [-0.1, -0.05) is 24.3 Å². The van der Waals surface area contributed by atoms with Crippen molar-refractivity contribution in [2.75, 3.05) is 18.4 Å². The first-order chi connectivity index (χ1) is 12.0. The molecule has 2 rings (SSSR count). The number of amides is 3. The number of anilines is 1. The third-order valence-corrected chi connectivity index (χ3v) is 3.53. The molecule has 0 aliphatic rings. The number of aryl methyl sites for hydroxylation is 1. The Hall–Kier alpha value is -3.15. The van der Waals surface area contributed by atoms with E-state index in [0.29, 0.717) is 29.9 Å². The minimum Gasteiger partial charge on any atom is -0.350 e. The highest BCUT2D eigenvalue weighted by molar-refractivity contribution is 5.97. The molecule has 6 heteroatoms. The molecule has 0 spiro atoms. The Balaban J connectivity index is 1.82. The Morgan fingerprint density at radius 3 is 2.24 bits per heavy atom. The lowest BCUT2D eigenvalue weighted by molar-refractivity contribution is -0.114. The fourth-order valence-electron chi connectivity index (χ4n) is 2.32. The van der Waals surface area contributed by atoms with E-state index in [4.69, 9.17) is 0 Å².